The molecule has 0 spiro atoms. The largest absolute Gasteiger partial charge is 0.343 e. The van der Waals surface area contributed by atoms with Crippen LogP contribution in [0.5, 0.6) is 0 Å². The molecule has 35 heavy (non-hydrogen) atoms. The third-order valence-electron chi connectivity index (χ3n) is 5.19. The molecule has 0 radical (unpaired) electrons. The normalized spacial score (nSPS) is 11.8. The second-order valence-corrected chi connectivity index (χ2v) is 9.73. The molecule has 0 atom stereocenters. The molecule has 7 nitrogen and oxygen atoms in total. The average molecular weight is 538 g/mol. The Labute approximate surface area is 206 Å². The van der Waals surface area contributed by atoms with E-state index in [-0.39, 0.29) is 15.6 Å². The van der Waals surface area contributed by atoms with Crippen molar-refractivity contribution in [2.24, 2.45) is 0 Å². The zero-order valence-electron chi connectivity index (χ0n) is 17.2. The van der Waals surface area contributed by atoms with Crippen LogP contribution < -0.4 is 4.72 Å². The molecule has 5 rings (SSSR count). The maximum atomic E-state index is 15.4. The Bertz CT molecular complexity index is 1690. The molecular weight excluding hydrogens is 526 g/mol. The van der Waals surface area contributed by atoms with E-state index < -0.39 is 49.2 Å². The first-order chi connectivity index (χ1) is 16.7. The average Bonchev–Trinajstić information content (AvgIpc) is 3.47. The first-order valence-corrected chi connectivity index (χ1v) is 12.0. The van der Waals surface area contributed by atoms with Crippen LogP contribution in [0.3, 0.4) is 0 Å². The van der Waals surface area contributed by atoms with Gasteiger partial charge in [0.25, 0.3) is 10.0 Å². The molecular formula is C22H12Cl2F3N5O2S. The zero-order chi connectivity index (χ0) is 24.9. The lowest BCUT2D eigenvalue weighted by Gasteiger charge is -2.14. The minimum atomic E-state index is -4.47. The molecule has 0 unspecified atom stereocenters. The van der Waals surface area contributed by atoms with Gasteiger partial charge in [0.1, 0.15) is 21.9 Å². The van der Waals surface area contributed by atoms with Gasteiger partial charge in [0.15, 0.2) is 17.5 Å². The molecule has 0 aliphatic heterocycles. The van der Waals surface area contributed by atoms with E-state index in [0.717, 1.165) is 12.1 Å². The number of halogens is 5. The van der Waals surface area contributed by atoms with Crippen LogP contribution in [-0.2, 0) is 10.0 Å². The van der Waals surface area contributed by atoms with Crippen molar-refractivity contribution in [1.82, 2.24) is 20.2 Å². The van der Waals surface area contributed by atoms with Gasteiger partial charge in [-0.3, -0.25) is 9.82 Å². The molecule has 13 heteroatoms. The molecule has 178 valence electrons. The fraction of sp³-hybridized carbons (Fsp3) is 0. The lowest BCUT2D eigenvalue weighted by Crippen LogP contribution is -2.15. The van der Waals surface area contributed by atoms with Gasteiger partial charge < -0.3 is 4.98 Å². The molecule has 2 aromatic heterocycles. The van der Waals surface area contributed by atoms with Gasteiger partial charge in [-0.2, -0.15) is 5.10 Å². The summed E-state index contributed by atoms with van der Waals surface area (Å²) in [6, 6.07) is 8.30. The van der Waals surface area contributed by atoms with Gasteiger partial charge in [0.05, 0.1) is 21.3 Å². The van der Waals surface area contributed by atoms with Crippen LogP contribution in [0.1, 0.15) is 0 Å². The molecule has 0 aliphatic carbocycles. The van der Waals surface area contributed by atoms with E-state index in [4.69, 9.17) is 23.2 Å². The second-order valence-electron chi connectivity index (χ2n) is 7.30. The standard InChI is InChI=1S/C22H12Cl2F3N5O2S/c23-12-2-1-3-13(24)21(12)35(33,34)32-15-7-6-14(25)16(18(15)27)10-4-5-11-19(17(10)26)30-31-20(11)22-28-8-9-29-22/h1-9,32H,(H,28,29)(H,30,31). The second kappa shape index (κ2) is 8.59. The van der Waals surface area contributed by atoms with E-state index in [1.54, 1.807) is 6.20 Å². The maximum absolute atomic E-state index is 15.4. The van der Waals surface area contributed by atoms with Gasteiger partial charge in [0, 0.05) is 23.3 Å². The number of rotatable bonds is 5. The SMILES string of the molecule is O=S(=O)(Nc1ccc(F)c(-c2ccc3c(-c4ncc[nH]4)[nH]nc3c2F)c1F)c1c(Cl)cccc1Cl. The number of hydrogen-bond donors (Lipinski definition) is 3. The van der Waals surface area contributed by atoms with Crippen LogP contribution in [0.2, 0.25) is 10.0 Å². The van der Waals surface area contributed by atoms with Gasteiger partial charge >= 0.3 is 0 Å². The number of nitrogens with one attached hydrogen (secondary N) is 3. The molecule has 3 aromatic carbocycles. The Morgan fingerprint density at radius 3 is 2.37 bits per heavy atom. The monoisotopic (exact) mass is 537 g/mol. The predicted molar refractivity (Wildman–Crippen MR) is 126 cm³/mol. The van der Waals surface area contributed by atoms with Crippen LogP contribution in [0, 0.1) is 17.5 Å². The van der Waals surface area contributed by atoms with Crippen LogP contribution in [0.15, 0.2) is 59.8 Å². The molecule has 2 heterocycles. The third-order valence-corrected chi connectivity index (χ3v) is 7.51. The highest BCUT2D eigenvalue weighted by Crippen LogP contribution is 2.38. The van der Waals surface area contributed by atoms with Crippen LogP contribution in [0.25, 0.3) is 33.5 Å². The fourth-order valence-corrected chi connectivity index (χ4v) is 5.84. The van der Waals surface area contributed by atoms with Crippen LogP contribution in [0.4, 0.5) is 18.9 Å². The van der Waals surface area contributed by atoms with Crippen molar-refractivity contribution < 1.29 is 21.6 Å². The Balaban J connectivity index is 1.61. The van der Waals surface area contributed by atoms with E-state index in [1.165, 1.54) is 36.5 Å². The van der Waals surface area contributed by atoms with Crippen molar-refractivity contribution >= 4 is 49.8 Å². The Kier molecular flexibility index (Phi) is 5.70. The lowest BCUT2D eigenvalue weighted by atomic mass is 10.0. The molecule has 0 saturated carbocycles. The summed E-state index contributed by atoms with van der Waals surface area (Å²) in [6.07, 6.45) is 3.07. The van der Waals surface area contributed by atoms with Crippen molar-refractivity contribution in [3.63, 3.8) is 0 Å². The van der Waals surface area contributed by atoms with Gasteiger partial charge in [-0.1, -0.05) is 35.3 Å². The summed E-state index contributed by atoms with van der Waals surface area (Å²) in [5.74, 6) is -3.06. The Hall–Kier alpha value is -3.54. The summed E-state index contributed by atoms with van der Waals surface area (Å²) in [5.41, 5.74) is -1.66. The van der Waals surface area contributed by atoms with E-state index >= 15 is 8.78 Å². The molecule has 0 fully saturated rings. The molecule has 0 amide bonds. The number of hydrogen-bond acceptors (Lipinski definition) is 4. The topological polar surface area (TPSA) is 104 Å². The summed E-state index contributed by atoms with van der Waals surface area (Å²) >= 11 is 11.9. The first kappa shape index (κ1) is 23.2. The number of sulfonamides is 1. The molecule has 5 aromatic rings. The number of aromatic nitrogens is 4. The quantitative estimate of drug-likeness (QED) is 0.250. The number of anilines is 1. The van der Waals surface area contributed by atoms with E-state index in [9.17, 15) is 12.8 Å². The number of nitrogens with zero attached hydrogens (tertiary/aromatic N) is 2. The van der Waals surface area contributed by atoms with E-state index in [1.807, 2.05) is 4.72 Å². The summed E-state index contributed by atoms with van der Waals surface area (Å²) in [7, 11) is -4.47. The number of benzene rings is 3. The molecule has 3 N–H and O–H groups in total. The summed E-state index contributed by atoms with van der Waals surface area (Å²) in [5, 5.41) is 6.49. The third kappa shape index (κ3) is 3.91. The number of H-pyrrole nitrogens is 2. The summed E-state index contributed by atoms with van der Waals surface area (Å²) < 4.78 is 73.3. The lowest BCUT2D eigenvalue weighted by molar-refractivity contribution is 0.583. The minimum absolute atomic E-state index is 0.179. The van der Waals surface area contributed by atoms with Crippen molar-refractivity contribution in [1.29, 1.82) is 0 Å². The highest BCUT2D eigenvalue weighted by molar-refractivity contribution is 7.93. The number of imidazole rings is 1. The highest BCUT2D eigenvalue weighted by atomic mass is 35.5. The van der Waals surface area contributed by atoms with Crippen LogP contribution in [-0.4, -0.2) is 28.6 Å². The van der Waals surface area contributed by atoms with Crippen molar-refractivity contribution in [2.45, 2.75) is 4.90 Å². The minimum Gasteiger partial charge on any atom is -0.343 e. The number of fused-ring (bicyclic) bond motifs is 1. The van der Waals surface area contributed by atoms with E-state index in [2.05, 4.69) is 20.2 Å². The van der Waals surface area contributed by atoms with E-state index in [0.29, 0.717) is 16.9 Å². The van der Waals surface area contributed by atoms with Crippen molar-refractivity contribution in [3.05, 3.63) is 82.4 Å². The predicted octanol–water partition coefficient (Wildman–Crippen LogP) is 6.14. The smallest absolute Gasteiger partial charge is 0.264 e. The molecule has 0 aliphatic rings. The first-order valence-electron chi connectivity index (χ1n) is 9.80. The van der Waals surface area contributed by atoms with Gasteiger partial charge in [-0.05, 0) is 30.3 Å². The van der Waals surface area contributed by atoms with Crippen LogP contribution >= 0.6 is 23.2 Å². The highest BCUT2D eigenvalue weighted by Gasteiger charge is 2.27. The Morgan fingerprint density at radius 1 is 0.943 bits per heavy atom. The zero-order valence-corrected chi connectivity index (χ0v) is 19.5. The maximum Gasteiger partial charge on any atom is 0.264 e. The van der Waals surface area contributed by atoms with Gasteiger partial charge in [-0.25, -0.2) is 26.6 Å². The molecule has 0 bridgehead atoms. The fourth-order valence-electron chi connectivity index (χ4n) is 3.64. The van der Waals surface area contributed by atoms with Gasteiger partial charge in [-0.15, -0.1) is 0 Å². The molecule has 0 saturated heterocycles. The summed E-state index contributed by atoms with van der Waals surface area (Å²) in [4.78, 5) is 6.45. The number of aromatic amines is 2. The van der Waals surface area contributed by atoms with Crippen molar-refractivity contribution in [3.8, 4) is 22.6 Å². The summed E-state index contributed by atoms with van der Waals surface area (Å²) in [6.45, 7) is 0. The van der Waals surface area contributed by atoms with Crippen molar-refractivity contribution in [2.75, 3.05) is 4.72 Å². The van der Waals surface area contributed by atoms with Gasteiger partial charge in [0.2, 0.25) is 0 Å². The Morgan fingerprint density at radius 2 is 1.69 bits per heavy atom.